The molecule has 1 unspecified atom stereocenters. The highest BCUT2D eigenvalue weighted by Crippen LogP contribution is 2.15. The Balaban J connectivity index is 2.91. The Morgan fingerprint density at radius 3 is 2.38 bits per heavy atom. The monoisotopic (exact) mass is 223 g/mol. The van der Waals surface area contributed by atoms with Crippen molar-refractivity contribution in [1.29, 1.82) is 0 Å². The van der Waals surface area contributed by atoms with Gasteiger partial charge in [-0.2, -0.15) is 0 Å². The van der Waals surface area contributed by atoms with Gasteiger partial charge >= 0.3 is 0 Å². The molecule has 0 spiro atoms. The lowest BCUT2D eigenvalue weighted by molar-refractivity contribution is 0.181. The molecule has 90 valence electrons. The second-order valence-electron chi connectivity index (χ2n) is 4.15. The summed E-state index contributed by atoms with van der Waals surface area (Å²) in [7, 11) is 3.41. The lowest BCUT2D eigenvalue weighted by Crippen LogP contribution is -2.19. The molecule has 3 heteroatoms. The van der Waals surface area contributed by atoms with Gasteiger partial charge in [0.1, 0.15) is 0 Å². The summed E-state index contributed by atoms with van der Waals surface area (Å²) in [5, 5.41) is 0. The van der Waals surface area contributed by atoms with Gasteiger partial charge in [0.25, 0.3) is 0 Å². The van der Waals surface area contributed by atoms with Crippen LogP contribution >= 0.6 is 0 Å². The van der Waals surface area contributed by atoms with Crippen LogP contribution in [0, 0.1) is 0 Å². The molecule has 0 heterocycles. The number of nitrogens with two attached hydrogens (primary N) is 1. The summed E-state index contributed by atoms with van der Waals surface area (Å²) < 4.78 is 10.3. The average Bonchev–Trinajstić information content (AvgIpc) is 2.22. The van der Waals surface area contributed by atoms with Crippen molar-refractivity contribution in [2.45, 2.75) is 32.6 Å². The molecular formula is C13H21NO2. The minimum Gasteiger partial charge on any atom is -0.380 e. The van der Waals surface area contributed by atoms with Gasteiger partial charge in [-0.05, 0) is 30.0 Å². The van der Waals surface area contributed by atoms with E-state index < -0.39 is 0 Å². The van der Waals surface area contributed by atoms with Gasteiger partial charge in [-0.15, -0.1) is 0 Å². The molecule has 1 aromatic carbocycles. The quantitative estimate of drug-likeness (QED) is 0.800. The summed E-state index contributed by atoms with van der Waals surface area (Å²) in [5.41, 5.74) is 9.48. The maximum Gasteiger partial charge on any atom is 0.0715 e. The van der Waals surface area contributed by atoms with Crippen molar-refractivity contribution in [2.24, 2.45) is 5.73 Å². The number of methoxy groups -OCH3 is 2. The van der Waals surface area contributed by atoms with Crippen molar-refractivity contribution in [3.05, 3.63) is 34.9 Å². The van der Waals surface area contributed by atoms with E-state index in [2.05, 4.69) is 18.2 Å². The summed E-state index contributed by atoms with van der Waals surface area (Å²) in [6, 6.07) is 6.48. The molecule has 0 aliphatic heterocycles. The normalized spacial score (nSPS) is 12.8. The largest absolute Gasteiger partial charge is 0.380 e. The summed E-state index contributed by atoms with van der Waals surface area (Å²) in [4.78, 5) is 0. The first-order chi connectivity index (χ1) is 7.67. The first-order valence-corrected chi connectivity index (χ1v) is 5.51. The molecule has 1 rings (SSSR count). The SMILES string of the molecule is COCc1ccc(COC)c(CC(C)N)c1. The molecule has 0 saturated heterocycles. The third-order valence-electron chi connectivity index (χ3n) is 2.42. The third-order valence-corrected chi connectivity index (χ3v) is 2.42. The van der Waals surface area contributed by atoms with Crippen LogP contribution in [0.1, 0.15) is 23.6 Å². The second kappa shape index (κ2) is 6.63. The number of rotatable bonds is 6. The third kappa shape index (κ3) is 3.93. The van der Waals surface area contributed by atoms with Gasteiger partial charge in [-0.25, -0.2) is 0 Å². The number of ether oxygens (including phenoxy) is 2. The van der Waals surface area contributed by atoms with Crippen LogP contribution in [0.15, 0.2) is 18.2 Å². The molecule has 1 aromatic rings. The van der Waals surface area contributed by atoms with Crippen LogP contribution in [0.2, 0.25) is 0 Å². The van der Waals surface area contributed by atoms with Gasteiger partial charge in [0, 0.05) is 20.3 Å². The molecule has 0 radical (unpaired) electrons. The second-order valence-corrected chi connectivity index (χ2v) is 4.15. The zero-order valence-corrected chi connectivity index (χ0v) is 10.3. The minimum absolute atomic E-state index is 0.161. The molecule has 0 aliphatic carbocycles. The van der Waals surface area contributed by atoms with Crippen molar-refractivity contribution in [3.8, 4) is 0 Å². The van der Waals surface area contributed by atoms with Gasteiger partial charge in [0.05, 0.1) is 13.2 Å². The zero-order chi connectivity index (χ0) is 12.0. The predicted molar refractivity (Wildman–Crippen MR) is 65.2 cm³/mol. The van der Waals surface area contributed by atoms with E-state index in [0.717, 1.165) is 6.42 Å². The van der Waals surface area contributed by atoms with Crippen molar-refractivity contribution in [2.75, 3.05) is 14.2 Å². The Bertz CT molecular complexity index is 324. The van der Waals surface area contributed by atoms with E-state index in [1.54, 1.807) is 14.2 Å². The number of hydrogen-bond donors (Lipinski definition) is 1. The topological polar surface area (TPSA) is 44.5 Å². The zero-order valence-electron chi connectivity index (χ0n) is 10.3. The lowest BCUT2D eigenvalue weighted by Gasteiger charge is -2.13. The molecule has 16 heavy (non-hydrogen) atoms. The fourth-order valence-corrected chi connectivity index (χ4v) is 1.77. The highest BCUT2D eigenvalue weighted by atomic mass is 16.5. The van der Waals surface area contributed by atoms with E-state index >= 15 is 0 Å². The van der Waals surface area contributed by atoms with Crippen LogP contribution < -0.4 is 5.73 Å². The average molecular weight is 223 g/mol. The Morgan fingerprint density at radius 1 is 1.12 bits per heavy atom. The highest BCUT2D eigenvalue weighted by Gasteiger charge is 2.06. The molecule has 0 amide bonds. The minimum atomic E-state index is 0.161. The van der Waals surface area contributed by atoms with E-state index in [1.165, 1.54) is 16.7 Å². The van der Waals surface area contributed by atoms with Crippen LogP contribution in [-0.4, -0.2) is 20.3 Å². The highest BCUT2D eigenvalue weighted by molar-refractivity contribution is 5.32. The Hall–Kier alpha value is -0.900. The molecule has 2 N–H and O–H groups in total. The maximum absolute atomic E-state index is 5.84. The first kappa shape index (κ1) is 13.2. The van der Waals surface area contributed by atoms with Crippen LogP contribution in [0.4, 0.5) is 0 Å². The van der Waals surface area contributed by atoms with Crippen LogP contribution in [0.3, 0.4) is 0 Å². The molecule has 1 atom stereocenters. The van der Waals surface area contributed by atoms with E-state index in [0.29, 0.717) is 13.2 Å². The molecule has 0 fully saturated rings. The van der Waals surface area contributed by atoms with Crippen LogP contribution in [0.25, 0.3) is 0 Å². The molecule has 0 aromatic heterocycles. The summed E-state index contributed by atoms with van der Waals surface area (Å²) in [6.45, 7) is 3.29. The van der Waals surface area contributed by atoms with E-state index in [1.807, 2.05) is 6.92 Å². The Kier molecular flexibility index (Phi) is 5.46. The predicted octanol–water partition coefficient (Wildman–Crippen LogP) is 1.87. The van der Waals surface area contributed by atoms with Crippen LogP contribution in [-0.2, 0) is 29.1 Å². The molecule has 0 aliphatic rings. The standard InChI is InChI=1S/C13H21NO2/c1-10(14)6-13-7-11(8-15-2)4-5-12(13)9-16-3/h4-5,7,10H,6,8-9,14H2,1-3H3. The number of benzene rings is 1. The lowest BCUT2D eigenvalue weighted by atomic mass is 9.99. The summed E-state index contributed by atoms with van der Waals surface area (Å²) >= 11 is 0. The Morgan fingerprint density at radius 2 is 1.81 bits per heavy atom. The van der Waals surface area contributed by atoms with Gasteiger partial charge in [-0.3, -0.25) is 0 Å². The molecule has 0 bridgehead atoms. The van der Waals surface area contributed by atoms with Crippen molar-refractivity contribution < 1.29 is 9.47 Å². The van der Waals surface area contributed by atoms with E-state index in [9.17, 15) is 0 Å². The molecule has 0 saturated carbocycles. The Labute approximate surface area is 97.6 Å². The fourth-order valence-electron chi connectivity index (χ4n) is 1.77. The van der Waals surface area contributed by atoms with E-state index in [-0.39, 0.29) is 6.04 Å². The van der Waals surface area contributed by atoms with Crippen LogP contribution in [0.5, 0.6) is 0 Å². The fraction of sp³-hybridized carbons (Fsp3) is 0.538. The van der Waals surface area contributed by atoms with Gasteiger partial charge < -0.3 is 15.2 Å². The maximum atomic E-state index is 5.84. The smallest absolute Gasteiger partial charge is 0.0715 e. The van der Waals surface area contributed by atoms with Crippen molar-refractivity contribution in [1.82, 2.24) is 0 Å². The number of hydrogen-bond acceptors (Lipinski definition) is 3. The van der Waals surface area contributed by atoms with Gasteiger partial charge in [0.2, 0.25) is 0 Å². The first-order valence-electron chi connectivity index (χ1n) is 5.51. The van der Waals surface area contributed by atoms with Crippen molar-refractivity contribution in [3.63, 3.8) is 0 Å². The summed E-state index contributed by atoms with van der Waals surface area (Å²) in [5.74, 6) is 0. The molecule has 3 nitrogen and oxygen atoms in total. The molecular weight excluding hydrogens is 202 g/mol. The summed E-state index contributed by atoms with van der Waals surface area (Å²) in [6.07, 6.45) is 0.871. The van der Waals surface area contributed by atoms with Gasteiger partial charge in [0.15, 0.2) is 0 Å². The van der Waals surface area contributed by atoms with Gasteiger partial charge in [-0.1, -0.05) is 18.2 Å². The van der Waals surface area contributed by atoms with Crippen molar-refractivity contribution >= 4 is 0 Å². The van der Waals surface area contributed by atoms with E-state index in [4.69, 9.17) is 15.2 Å².